The first-order chi connectivity index (χ1) is 9.76. The molecule has 5 heteroatoms. The molecule has 1 saturated heterocycles. The molecule has 2 rings (SSSR count). The van der Waals surface area contributed by atoms with E-state index in [4.69, 9.17) is 10.5 Å². The molecule has 1 aliphatic heterocycles. The number of hydrogen-bond acceptors (Lipinski definition) is 4. The molecule has 0 bridgehead atoms. The number of nitrogens with two attached hydrogens (primary N) is 1. The SMILES string of the molecule is CC(C)(C)OC(=O)N1CCC(C(N)c2cccc(O)c2)C1. The van der Waals surface area contributed by atoms with E-state index < -0.39 is 5.60 Å². The van der Waals surface area contributed by atoms with Crippen molar-refractivity contribution in [3.63, 3.8) is 0 Å². The van der Waals surface area contributed by atoms with Crippen molar-refractivity contribution in [2.75, 3.05) is 13.1 Å². The lowest BCUT2D eigenvalue weighted by molar-refractivity contribution is 0.0286. The largest absolute Gasteiger partial charge is 0.508 e. The topological polar surface area (TPSA) is 75.8 Å². The highest BCUT2D eigenvalue weighted by Crippen LogP contribution is 2.30. The summed E-state index contributed by atoms with van der Waals surface area (Å²) in [5.41, 5.74) is 6.68. The number of benzene rings is 1. The van der Waals surface area contributed by atoms with E-state index in [9.17, 15) is 9.90 Å². The van der Waals surface area contributed by atoms with Gasteiger partial charge in [-0.2, -0.15) is 0 Å². The van der Waals surface area contributed by atoms with Crippen molar-refractivity contribution in [3.05, 3.63) is 29.8 Å². The Bertz CT molecular complexity index is 510. The third kappa shape index (κ3) is 4.11. The average molecular weight is 292 g/mol. The highest BCUT2D eigenvalue weighted by molar-refractivity contribution is 5.68. The highest BCUT2D eigenvalue weighted by Gasteiger charge is 2.33. The molecule has 1 amide bonds. The number of phenols is 1. The van der Waals surface area contributed by atoms with Gasteiger partial charge < -0.3 is 20.5 Å². The van der Waals surface area contributed by atoms with E-state index >= 15 is 0 Å². The molecule has 1 aliphatic rings. The molecule has 3 N–H and O–H groups in total. The quantitative estimate of drug-likeness (QED) is 0.878. The van der Waals surface area contributed by atoms with Crippen molar-refractivity contribution in [2.24, 2.45) is 11.7 Å². The van der Waals surface area contributed by atoms with Crippen LogP contribution in [0, 0.1) is 5.92 Å². The summed E-state index contributed by atoms with van der Waals surface area (Å²) in [5, 5.41) is 9.53. The molecule has 0 saturated carbocycles. The van der Waals surface area contributed by atoms with Crippen LogP contribution >= 0.6 is 0 Å². The predicted molar refractivity (Wildman–Crippen MR) is 80.9 cm³/mol. The Labute approximate surface area is 125 Å². The average Bonchev–Trinajstić information content (AvgIpc) is 2.85. The van der Waals surface area contributed by atoms with Crippen molar-refractivity contribution in [1.29, 1.82) is 0 Å². The maximum absolute atomic E-state index is 12.0. The van der Waals surface area contributed by atoms with Crippen molar-refractivity contribution in [3.8, 4) is 5.75 Å². The van der Waals surface area contributed by atoms with Gasteiger partial charge in [-0.15, -0.1) is 0 Å². The van der Waals surface area contributed by atoms with E-state index in [1.807, 2.05) is 26.8 Å². The number of aromatic hydroxyl groups is 1. The van der Waals surface area contributed by atoms with E-state index in [-0.39, 0.29) is 23.8 Å². The van der Waals surface area contributed by atoms with E-state index in [1.165, 1.54) is 0 Å². The Morgan fingerprint density at radius 3 is 2.81 bits per heavy atom. The number of amides is 1. The Balaban J connectivity index is 1.97. The normalized spacial score (nSPS) is 20.4. The molecule has 1 aromatic rings. The number of carbonyl (C=O) groups excluding carboxylic acids is 1. The summed E-state index contributed by atoms with van der Waals surface area (Å²) in [6.07, 6.45) is 0.559. The van der Waals surface area contributed by atoms with Crippen molar-refractivity contribution < 1.29 is 14.6 Å². The van der Waals surface area contributed by atoms with Crippen LogP contribution in [-0.2, 0) is 4.74 Å². The zero-order valence-corrected chi connectivity index (χ0v) is 12.9. The van der Waals surface area contributed by atoms with Crippen molar-refractivity contribution in [1.82, 2.24) is 4.90 Å². The first kappa shape index (κ1) is 15.6. The van der Waals surface area contributed by atoms with Crippen LogP contribution in [0.4, 0.5) is 4.79 Å². The Morgan fingerprint density at radius 1 is 1.48 bits per heavy atom. The van der Waals surface area contributed by atoms with Crippen LogP contribution in [0.5, 0.6) is 5.75 Å². The van der Waals surface area contributed by atoms with Crippen LogP contribution in [0.25, 0.3) is 0 Å². The number of hydrogen-bond donors (Lipinski definition) is 2. The van der Waals surface area contributed by atoms with Crippen LogP contribution in [-0.4, -0.2) is 34.8 Å². The Hall–Kier alpha value is -1.75. The minimum atomic E-state index is -0.484. The number of nitrogens with zero attached hydrogens (tertiary/aromatic N) is 1. The molecular formula is C16H24N2O3. The van der Waals surface area contributed by atoms with Crippen LogP contribution in [0.3, 0.4) is 0 Å². The van der Waals surface area contributed by atoms with Crippen molar-refractivity contribution >= 4 is 6.09 Å². The zero-order valence-electron chi connectivity index (χ0n) is 12.9. The smallest absolute Gasteiger partial charge is 0.410 e. The molecular weight excluding hydrogens is 268 g/mol. The molecule has 2 unspecified atom stereocenters. The highest BCUT2D eigenvalue weighted by atomic mass is 16.6. The minimum Gasteiger partial charge on any atom is -0.508 e. The molecule has 0 aliphatic carbocycles. The summed E-state index contributed by atoms with van der Waals surface area (Å²) in [6, 6.07) is 6.80. The van der Waals surface area contributed by atoms with E-state index in [0.717, 1.165) is 12.0 Å². The van der Waals surface area contributed by atoms with Gasteiger partial charge in [0.05, 0.1) is 0 Å². The molecule has 0 aromatic heterocycles. The molecule has 0 spiro atoms. The predicted octanol–water partition coefficient (Wildman–Crippen LogP) is 2.65. The van der Waals surface area contributed by atoms with Gasteiger partial charge in [0.25, 0.3) is 0 Å². The molecule has 116 valence electrons. The number of ether oxygens (including phenoxy) is 1. The van der Waals surface area contributed by atoms with E-state index in [0.29, 0.717) is 13.1 Å². The van der Waals surface area contributed by atoms with Crippen molar-refractivity contribution in [2.45, 2.75) is 38.8 Å². The van der Waals surface area contributed by atoms with E-state index in [2.05, 4.69) is 0 Å². The molecule has 1 aromatic carbocycles. The van der Waals surface area contributed by atoms with Gasteiger partial charge in [0.15, 0.2) is 0 Å². The van der Waals surface area contributed by atoms with Crippen LogP contribution in [0.2, 0.25) is 0 Å². The molecule has 1 fully saturated rings. The Morgan fingerprint density at radius 2 is 2.19 bits per heavy atom. The van der Waals surface area contributed by atoms with Gasteiger partial charge in [-0.1, -0.05) is 12.1 Å². The standard InChI is InChI=1S/C16H24N2O3/c1-16(2,3)21-15(20)18-8-7-12(10-18)14(17)11-5-4-6-13(19)9-11/h4-6,9,12,14,19H,7-8,10,17H2,1-3H3. The second-order valence-electron chi connectivity index (χ2n) is 6.60. The maximum atomic E-state index is 12.0. The summed E-state index contributed by atoms with van der Waals surface area (Å²) in [6.45, 7) is 6.82. The van der Waals surface area contributed by atoms with Gasteiger partial charge in [0, 0.05) is 19.1 Å². The second-order valence-corrected chi connectivity index (χ2v) is 6.60. The lowest BCUT2D eigenvalue weighted by Gasteiger charge is -2.25. The molecule has 1 heterocycles. The lowest BCUT2D eigenvalue weighted by Crippen LogP contribution is -2.36. The monoisotopic (exact) mass is 292 g/mol. The zero-order chi connectivity index (χ0) is 15.6. The Kier molecular flexibility index (Phi) is 4.42. The molecule has 0 radical (unpaired) electrons. The summed E-state index contributed by atoms with van der Waals surface area (Å²) in [5.74, 6) is 0.393. The summed E-state index contributed by atoms with van der Waals surface area (Å²) in [7, 11) is 0. The van der Waals surface area contributed by atoms with Gasteiger partial charge in [0.1, 0.15) is 11.4 Å². The number of likely N-dealkylation sites (tertiary alicyclic amines) is 1. The number of rotatable bonds is 2. The van der Waals surface area contributed by atoms with Crippen LogP contribution in [0.1, 0.15) is 38.8 Å². The fourth-order valence-electron chi connectivity index (χ4n) is 2.58. The fraction of sp³-hybridized carbons (Fsp3) is 0.562. The van der Waals surface area contributed by atoms with Gasteiger partial charge in [-0.25, -0.2) is 4.79 Å². The number of phenolic OH excluding ortho intramolecular Hbond substituents is 1. The van der Waals surface area contributed by atoms with Gasteiger partial charge in [0.2, 0.25) is 0 Å². The van der Waals surface area contributed by atoms with Gasteiger partial charge in [-0.05, 0) is 50.8 Å². The van der Waals surface area contributed by atoms with Crippen LogP contribution in [0.15, 0.2) is 24.3 Å². The van der Waals surface area contributed by atoms with Gasteiger partial charge >= 0.3 is 6.09 Å². The van der Waals surface area contributed by atoms with Crippen LogP contribution < -0.4 is 5.73 Å². The summed E-state index contributed by atoms with van der Waals surface area (Å²) in [4.78, 5) is 13.7. The summed E-state index contributed by atoms with van der Waals surface area (Å²) >= 11 is 0. The first-order valence-corrected chi connectivity index (χ1v) is 7.29. The fourth-order valence-corrected chi connectivity index (χ4v) is 2.58. The lowest BCUT2D eigenvalue weighted by atomic mass is 9.93. The van der Waals surface area contributed by atoms with Gasteiger partial charge in [-0.3, -0.25) is 0 Å². The summed E-state index contributed by atoms with van der Waals surface area (Å²) < 4.78 is 5.38. The van der Waals surface area contributed by atoms with E-state index in [1.54, 1.807) is 23.1 Å². The minimum absolute atomic E-state index is 0.180. The third-order valence-electron chi connectivity index (χ3n) is 3.64. The first-order valence-electron chi connectivity index (χ1n) is 7.29. The number of carbonyl (C=O) groups is 1. The molecule has 21 heavy (non-hydrogen) atoms. The third-order valence-corrected chi connectivity index (χ3v) is 3.64. The molecule has 2 atom stereocenters. The molecule has 5 nitrogen and oxygen atoms in total. The maximum Gasteiger partial charge on any atom is 0.410 e. The second kappa shape index (κ2) is 5.93.